The van der Waals surface area contributed by atoms with Crippen LogP contribution in [0.4, 0.5) is 0 Å². The number of nitrogens with zero attached hydrogens (tertiary/aromatic N) is 1. The summed E-state index contributed by atoms with van der Waals surface area (Å²) in [4.78, 5) is 2.27. The molecule has 0 rings (SSSR count). The summed E-state index contributed by atoms with van der Waals surface area (Å²) in [5.74, 6) is 0. The van der Waals surface area contributed by atoms with Crippen LogP contribution in [0.5, 0.6) is 0 Å². The Labute approximate surface area is 153 Å². The third kappa shape index (κ3) is 16.8. The van der Waals surface area contributed by atoms with Crippen LogP contribution < -0.4 is 0 Å². The average Bonchev–Trinajstić information content (AvgIpc) is 2.60. The van der Waals surface area contributed by atoms with Crippen molar-refractivity contribution in [2.24, 2.45) is 0 Å². The molecule has 24 heavy (non-hydrogen) atoms. The molecule has 0 amide bonds. The van der Waals surface area contributed by atoms with Gasteiger partial charge >= 0.3 is 0 Å². The van der Waals surface area contributed by atoms with Crippen molar-refractivity contribution in [1.29, 1.82) is 0 Å². The molecule has 1 unspecified atom stereocenters. The van der Waals surface area contributed by atoms with E-state index in [1.165, 1.54) is 103 Å². The van der Waals surface area contributed by atoms with Crippen LogP contribution in [0, 0.1) is 0 Å². The molecule has 0 spiro atoms. The molecule has 0 saturated carbocycles. The topological polar surface area (TPSA) is 23.5 Å². The Balaban J connectivity index is 3.08. The monoisotopic (exact) mass is 341 g/mol. The molecule has 0 fully saturated rings. The highest BCUT2D eigenvalue weighted by Crippen LogP contribution is 2.13. The summed E-state index contributed by atoms with van der Waals surface area (Å²) in [7, 11) is 2.12. The minimum atomic E-state index is 0.273. The molecule has 1 N–H and O–H groups in total. The van der Waals surface area contributed by atoms with Gasteiger partial charge in [-0.15, -0.1) is 0 Å². The van der Waals surface area contributed by atoms with Crippen LogP contribution in [-0.4, -0.2) is 36.2 Å². The van der Waals surface area contributed by atoms with Crippen LogP contribution in [-0.2, 0) is 0 Å². The predicted molar refractivity (Wildman–Crippen MR) is 109 cm³/mol. The predicted octanol–water partition coefficient (Wildman–Crippen LogP) is 6.56. The lowest BCUT2D eigenvalue weighted by Gasteiger charge is -2.22. The molecule has 0 radical (unpaired) electrons. The van der Waals surface area contributed by atoms with Crippen LogP contribution in [0.15, 0.2) is 0 Å². The molecular weight excluding hydrogens is 294 g/mol. The minimum absolute atomic E-state index is 0.273. The van der Waals surface area contributed by atoms with Crippen molar-refractivity contribution in [1.82, 2.24) is 4.90 Å². The van der Waals surface area contributed by atoms with Gasteiger partial charge in [0.1, 0.15) is 0 Å². The van der Waals surface area contributed by atoms with Crippen LogP contribution >= 0.6 is 0 Å². The van der Waals surface area contributed by atoms with E-state index in [2.05, 4.69) is 25.8 Å². The Bertz CT molecular complexity index is 232. The largest absolute Gasteiger partial charge is 0.395 e. The molecule has 0 aliphatic rings. The number of unbranched alkanes of at least 4 members (excludes halogenated alkanes) is 15. The molecule has 0 aliphatic heterocycles. The fourth-order valence-electron chi connectivity index (χ4n) is 3.27. The molecule has 0 aliphatic carbocycles. The zero-order valence-electron chi connectivity index (χ0n) is 17.2. The molecule has 0 saturated heterocycles. The van der Waals surface area contributed by atoms with Gasteiger partial charge in [-0.2, -0.15) is 0 Å². The van der Waals surface area contributed by atoms with Crippen molar-refractivity contribution in [2.45, 2.75) is 123 Å². The maximum atomic E-state index is 9.10. The molecule has 0 aromatic carbocycles. The standard InChI is InChI=1S/C22H47NO/c1-4-5-6-7-8-9-10-11-12-13-14-15-16-17-18-19-20-23(3)22(2)21-24/h22,24H,4-21H2,1-3H3. The lowest BCUT2D eigenvalue weighted by molar-refractivity contribution is 0.157. The summed E-state index contributed by atoms with van der Waals surface area (Å²) in [5.41, 5.74) is 0. The third-order valence-corrected chi connectivity index (χ3v) is 5.38. The van der Waals surface area contributed by atoms with Crippen LogP contribution in [0.3, 0.4) is 0 Å². The first-order chi connectivity index (χ1) is 11.7. The molecule has 2 nitrogen and oxygen atoms in total. The molecule has 1 atom stereocenters. The molecule has 0 bridgehead atoms. The molecule has 0 heterocycles. The zero-order valence-corrected chi connectivity index (χ0v) is 17.2. The van der Waals surface area contributed by atoms with Gasteiger partial charge in [0.25, 0.3) is 0 Å². The quantitative estimate of drug-likeness (QED) is 0.269. The van der Waals surface area contributed by atoms with Gasteiger partial charge in [-0.05, 0) is 26.9 Å². The second-order valence-electron chi connectivity index (χ2n) is 7.82. The van der Waals surface area contributed by atoms with Crippen molar-refractivity contribution in [2.75, 3.05) is 20.2 Å². The highest BCUT2D eigenvalue weighted by Gasteiger charge is 2.06. The number of hydrogen-bond donors (Lipinski definition) is 1. The highest BCUT2D eigenvalue weighted by atomic mass is 16.3. The summed E-state index contributed by atoms with van der Waals surface area (Å²) < 4.78 is 0. The maximum absolute atomic E-state index is 9.10. The number of aliphatic hydroxyl groups excluding tert-OH is 1. The number of hydrogen-bond acceptors (Lipinski definition) is 2. The highest BCUT2D eigenvalue weighted by molar-refractivity contribution is 4.61. The van der Waals surface area contributed by atoms with Gasteiger partial charge in [-0.25, -0.2) is 0 Å². The van der Waals surface area contributed by atoms with E-state index < -0.39 is 0 Å². The Morgan fingerprint density at radius 3 is 1.29 bits per heavy atom. The summed E-state index contributed by atoms with van der Waals surface area (Å²) in [6, 6.07) is 0.307. The normalized spacial score (nSPS) is 12.9. The van der Waals surface area contributed by atoms with E-state index in [1.807, 2.05) is 0 Å². The Hall–Kier alpha value is -0.0800. The molecule has 0 aromatic rings. The van der Waals surface area contributed by atoms with Gasteiger partial charge < -0.3 is 10.0 Å². The molecule has 2 heteroatoms. The Kier molecular flexibility index (Phi) is 19.2. The fraction of sp³-hybridized carbons (Fsp3) is 1.00. The first kappa shape index (κ1) is 23.9. The van der Waals surface area contributed by atoms with E-state index in [1.54, 1.807) is 0 Å². The number of rotatable bonds is 19. The molecule has 146 valence electrons. The Morgan fingerprint density at radius 2 is 0.958 bits per heavy atom. The lowest BCUT2D eigenvalue weighted by Crippen LogP contribution is -2.32. The van der Waals surface area contributed by atoms with E-state index in [4.69, 9.17) is 5.11 Å². The van der Waals surface area contributed by atoms with E-state index in [0.717, 1.165) is 6.54 Å². The minimum Gasteiger partial charge on any atom is -0.395 e. The first-order valence-electron chi connectivity index (χ1n) is 11.0. The van der Waals surface area contributed by atoms with Gasteiger partial charge in [0.2, 0.25) is 0 Å². The SMILES string of the molecule is CCCCCCCCCCCCCCCCCCN(C)C(C)CO. The smallest absolute Gasteiger partial charge is 0.0584 e. The number of aliphatic hydroxyl groups is 1. The zero-order chi connectivity index (χ0) is 17.9. The fourth-order valence-corrected chi connectivity index (χ4v) is 3.27. The van der Waals surface area contributed by atoms with E-state index in [-0.39, 0.29) is 6.61 Å². The Morgan fingerprint density at radius 1 is 0.625 bits per heavy atom. The summed E-state index contributed by atoms with van der Waals surface area (Å²) >= 11 is 0. The van der Waals surface area contributed by atoms with Crippen LogP contribution in [0.1, 0.15) is 117 Å². The molecular formula is C22H47NO. The third-order valence-electron chi connectivity index (χ3n) is 5.38. The second-order valence-corrected chi connectivity index (χ2v) is 7.82. The average molecular weight is 342 g/mol. The van der Waals surface area contributed by atoms with E-state index in [0.29, 0.717) is 6.04 Å². The van der Waals surface area contributed by atoms with E-state index >= 15 is 0 Å². The van der Waals surface area contributed by atoms with Crippen molar-refractivity contribution < 1.29 is 5.11 Å². The van der Waals surface area contributed by atoms with Gasteiger partial charge in [-0.1, -0.05) is 103 Å². The maximum Gasteiger partial charge on any atom is 0.0584 e. The number of likely N-dealkylation sites (N-methyl/N-ethyl adjacent to an activating group) is 1. The van der Waals surface area contributed by atoms with Gasteiger partial charge in [0, 0.05) is 6.04 Å². The summed E-state index contributed by atoms with van der Waals surface area (Å²) in [6.07, 6.45) is 22.8. The van der Waals surface area contributed by atoms with Crippen molar-refractivity contribution in [3.05, 3.63) is 0 Å². The van der Waals surface area contributed by atoms with Gasteiger partial charge in [-0.3, -0.25) is 0 Å². The second kappa shape index (κ2) is 19.2. The van der Waals surface area contributed by atoms with Gasteiger partial charge in [0.05, 0.1) is 6.61 Å². The first-order valence-corrected chi connectivity index (χ1v) is 11.0. The van der Waals surface area contributed by atoms with Crippen molar-refractivity contribution >= 4 is 0 Å². The van der Waals surface area contributed by atoms with Crippen molar-refractivity contribution in [3.8, 4) is 0 Å². The van der Waals surface area contributed by atoms with E-state index in [9.17, 15) is 0 Å². The van der Waals surface area contributed by atoms with Crippen LogP contribution in [0.2, 0.25) is 0 Å². The molecule has 0 aromatic heterocycles. The summed E-state index contributed by atoms with van der Waals surface area (Å²) in [5, 5.41) is 9.10. The van der Waals surface area contributed by atoms with Gasteiger partial charge in [0.15, 0.2) is 0 Å². The van der Waals surface area contributed by atoms with Crippen molar-refractivity contribution in [3.63, 3.8) is 0 Å². The lowest BCUT2D eigenvalue weighted by atomic mass is 10.0. The van der Waals surface area contributed by atoms with Crippen LogP contribution in [0.25, 0.3) is 0 Å². The summed E-state index contributed by atoms with van der Waals surface area (Å²) in [6.45, 7) is 5.78.